The van der Waals surface area contributed by atoms with Crippen LogP contribution in [0, 0.1) is 12.8 Å². The summed E-state index contributed by atoms with van der Waals surface area (Å²) < 4.78 is 0. The first-order valence-corrected chi connectivity index (χ1v) is 6.99. The molecular weight excluding hydrogens is 264 g/mol. The third-order valence-corrected chi connectivity index (χ3v) is 2.97. The number of aromatic nitrogens is 2. The van der Waals surface area contributed by atoms with Gasteiger partial charge in [0.25, 0.3) is 5.91 Å². The van der Waals surface area contributed by atoms with E-state index in [0.717, 1.165) is 17.8 Å². The number of hydrogen-bond donors (Lipinski definition) is 2. The zero-order valence-corrected chi connectivity index (χ0v) is 12.6. The molecule has 1 aromatic carbocycles. The highest BCUT2D eigenvalue weighted by Gasteiger charge is 2.09. The van der Waals surface area contributed by atoms with Gasteiger partial charge < -0.3 is 10.6 Å². The fourth-order valence-electron chi connectivity index (χ4n) is 1.74. The number of para-hydroxylation sites is 1. The monoisotopic (exact) mass is 284 g/mol. The van der Waals surface area contributed by atoms with E-state index in [1.54, 1.807) is 6.20 Å². The molecule has 1 heterocycles. The van der Waals surface area contributed by atoms with Gasteiger partial charge in [0.2, 0.25) is 0 Å². The van der Waals surface area contributed by atoms with Gasteiger partial charge in [0, 0.05) is 12.2 Å². The number of carbonyl (C=O) groups excluding carboxylic acids is 1. The lowest BCUT2D eigenvalue weighted by Gasteiger charge is -2.09. The van der Waals surface area contributed by atoms with Crippen molar-refractivity contribution in [2.75, 3.05) is 17.2 Å². The lowest BCUT2D eigenvalue weighted by atomic mass is 10.2. The van der Waals surface area contributed by atoms with Crippen LogP contribution in [-0.2, 0) is 0 Å². The average molecular weight is 284 g/mol. The van der Waals surface area contributed by atoms with E-state index < -0.39 is 0 Å². The standard InChI is InChI=1S/C16H20N4O/c1-11(2)8-18-15-10-17-14(9-19-15)16(21)20-13-7-5-4-6-12(13)3/h4-7,9-11H,8H2,1-3H3,(H,18,19)(H,20,21). The quantitative estimate of drug-likeness (QED) is 0.885. The molecule has 5 heteroatoms. The summed E-state index contributed by atoms with van der Waals surface area (Å²) in [7, 11) is 0. The van der Waals surface area contributed by atoms with E-state index in [2.05, 4.69) is 34.4 Å². The average Bonchev–Trinajstić information content (AvgIpc) is 2.48. The molecule has 0 aliphatic carbocycles. The minimum absolute atomic E-state index is 0.257. The van der Waals surface area contributed by atoms with Crippen LogP contribution in [0.15, 0.2) is 36.7 Å². The molecule has 2 N–H and O–H groups in total. The first-order valence-electron chi connectivity index (χ1n) is 6.99. The molecule has 1 amide bonds. The summed E-state index contributed by atoms with van der Waals surface area (Å²) in [4.78, 5) is 20.5. The van der Waals surface area contributed by atoms with E-state index in [4.69, 9.17) is 0 Å². The SMILES string of the molecule is Cc1ccccc1NC(=O)c1cnc(NCC(C)C)cn1. The van der Waals surface area contributed by atoms with Crippen LogP contribution in [0.25, 0.3) is 0 Å². The molecule has 2 rings (SSSR count). The smallest absolute Gasteiger partial charge is 0.275 e. The summed E-state index contributed by atoms with van der Waals surface area (Å²) >= 11 is 0. The molecule has 1 aromatic heterocycles. The molecule has 110 valence electrons. The third-order valence-electron chi connectivity index (χ3n) is 2.97. The Hall–Kier alpha value is -2.43. The number of rotatable bonds is 5. The summed E-state index contributed by atoms with van der Waals surface area (Å²) in [5.74, 6) is 0.944. The molecule has 0 saturated carbocycles. The highest BCUT2D eigenvalue weighted by molar-refractivity contribution is 6.03. The summed E-state index contributed by atoms with van der Waals surface area (Å²) in [6.45, 7) is 7.00. The van der Waals surface area contributed by atoms with E-state index >= 15 is 0 Å². The van der Waals surface area contributed by atoms with Gasteiger partial charge in [-0.3, -0.25) is 4.79 Å². The number of anilines is 2. The fourth-order valence-corrected chi connectivity index (χ4v) is 1.74. The van der Waals surface area contributed by atoms with Gasteiger partial charge in [0.05, 0.1) is 12.4 Å². The summed E-state index contributed by atoms with van der Waals surface area (Å²) in [6.07, 6.45) is 3.06. The number of amides is 1. The van der Waals surface area contributed by atoms with Gasteiger partial charge in [0.15, 0.2) is 0 Å². The molecule has 5 nitrogen and oxygen atoms in total. The molecule has 21 heavy (non-hydrogen) atoms. The van der Waals surface area contributed by atoms with E-state index in [1.807, 2.05) is 31.2 Å². The second-order valence-electron chi connectivity index (χ2n) is 5.33. The van der Waals surface area contributed by atoms with Crippen LogP contribution in [0.1, 0.15) is 29.9 Å². The zero-order valence-electron chi connectivity index (χ0n) is 12.6. The second kappa shape index (κ2) is 6.83. The highest BCUT2D eigenvalue weighted by Crippen LogP contribution is 2.14. The molecular formula is C16H20N4O. The summed E-state index contributed by atoms with van der Waals surface area (Å²) in [5.41, 5.74) is 2.09. The van der Waals surface area contributed by atoms with Gasteiger partial charge in [-0.25, -0.2) is 9.97 Å². The van der Waals surface area contributed by atoms with Crippen molar-refractivity contribution < 1.29 is 4.79 Å². The van der Waals surface area contributed by atoms with Gasteiger partial charge >= 0.3 is 0 Å². The Labute approximate surface area is 124 Å². The van der Waals surface area contributed by atoms with E-state index in [9.17, 15) is 4.79 Å². The predicted molar refractivity (Wildman–Crippen MR) is 84.5 cm³/mol. The molecule has 0 atom stereocenters. The van der Waals surface area contributed by atoms with Crippen LogP contribution in [0.5, 0.6) is 0 Å². The van der Waals surface area contributed by atoms with Gasteiger partial charge in [-0.05, 0) is 24.5 Å². The van der Waals surface area contributed by atoms with Crippen molar-refractivity contribution in [1.29, 1.82) is 0 Å². The van der Waals surface area contributed by atoms with Crippen LogP contribution >= 0.6 is 0 Å². The Kier molecular flexibility index (Phi) is 4.87. The topological polar surface area (TPSA) is 66.9 Å². The zero-order chi connectivity index (χ0) is 15.2. The van der Waals surface area contributed by atoms with Crippen molar-refractivity contribution in [3.63, 3.8) is 0 Å². The second-order valence-corrected chi connectivity index (χ2v) is 5.33. The fraction of sp³-hybridized carbons (Fsp3) is 0.312. The van der Waals surface area contributed by atoms with Crippen molar-refractivity contribution in [3.05, 3.63) is 47.9 Å². The van der Waals surface area contributed by atoms with E-state index in [-0.39, 0.29) is 5.91 Å². The molecule has 0 spiro atoms. The lowest BCUT2D eigenvalue weighted by molar-refractivity contribution is 0.102. The minimum Gasteiger partial charge on any atom is -0.369 e. The Morgan fingerprint density at radius 1 is 1.19 bits per heavy atom. The number of nitrogens with zero attached hydrogens (tertiary/aromatic N) is 2. The molecule has 2 aromatic rings. The molecule has 0 fully saturated rings. The van der Waals surface area contributed by atoms with Crippen molar-refractivity contribution in [2.24, 2.45) is 5.92 Å². The van der Waals surface area contributed by atoms with Gasteiger partial charge in [-0.15, -0.1) is 0 Å². The molecule has 0 aliphatic rings. The van der Waals surface area contributed by atoms with Crippen molar-refractivity contribution in [2.45, 2.75) is 20.8 Å². The van der Waals surface area contributed by atoms with Crippen molar-refractivity contribution >= 4 is 17.4 Å². The van der Waals surface area contributed by atoms with Crippen LogP contribution in [0.3, 0.4) is 0 Å². The highest BCUT2D eigenvalue weighted by atomic mass is 16.1. The minimum atomic E-state index is -0.257. The molecule has 0 unspecified atom stereocenters. The maximum atomic E-state index is 12.1. The Bertz CT molecular complexity index is 608. The molecule has 0 saturated heterocycles. The van der Waals surface area contributed by atoms with Crippen LogP contribution in [-0.4, -0.2) is 22.4 Å². The van der Waals surface area contributed by atoms with Crippen LogP contribution in [0.4, 0.5) is 11.5 Å². The van der Waals surface area contributed by atoms with E-state index in [0.29, 0.717) is 17.4 Å². The number of carbonyl (C=O) groups is 1. The van der Waals surface area contributed by atoms with Gasteiger partial charge in [0.1, 0.15) is 11.5 Å². The van der Waals surface area contributed by atoms with E-state index in [1.165, 1.54) is 6.20 Å². The predicted octanol–water partition coefficient (Wildman–Crippen LogP) is 3.11. The normalized spacial score (nSPS) is 10.5. The first-order chi connectivity index (χ1) is 10.1. The van der Waals surface area contributed by atoms with Crippen molar-refractivity contribution in [1.82, 2.24) is 9.97 Å². The Morgan fingerprint density at radius 3 is 2.57 bits per heavy atom. The molecule has 0 bridgehead atoms. The maximum Gasteiger partial charge on any atom is 0.275 e. The number of hydrogen-bond acceptors (Lipinski definition) is 4. The first kappa shape index (κ1) is 15.0. The Balaban J connectivity index is 2.01. The third kappa shape index (κ3) is 4.27. The Morgan fingerprint density at radius 2 is 1.95 bits per heavy atom. The van der Waals surface area contributed by atoms with Gasteiger partial charge in [-0.1, -0.05) is 32.0 Å². The number of benzene rings is 1. The number of nitrogens with one attached hydrogen (secondary N) is 2. The lowest BCUT2D eigenvalue weighted by Crippen LogP contribution is -2.15. The largest absolute Gasteiger partial charge is 0.369 e. The summed E-state index contributed by atoms with van der Waals surface area (Å²) in [6, 6.07) is 7.62. The van der Waals surface area contributed by atoms with Gasteiger partial charge in [-0.2, -0.15) is 0 Å². The molecule has 0 aliphatic heterocycles. The number of aryl methyl sites for hydroxylation is 1. The van der Waals surface area contributed by atoms with Crippen molar-refractivity contribution in [3.8, 4) is 0 Å². The summed E-state index contributed by atoms with van der Waals surface area (Å²) in [5, 5.41) is 6.00. The van der Waals surface area contributed by atoms with Crippen LogP contribution < -0.4 is 10.6 Å². The maximum absolute atomic E-state index is 12.1. The van der Waals surface area contributed by atoms with Crippen LogP contribution in [0.2, 0.25) is 0 Å². The molecule has 0 radical (unpaired) electrons.